The van der Waals surface area contributed by atoms with E-state index < -0.39 is 0 Å². The molecular formula is C16H26N2OS. The summed E-state index contributed by atoms with van der Waals surface area (Å²) in [5, 5.41) is 4.87. The van der Waals surface area contributed by atoms with Crippen LogP contribution < -0.4 is 5.32 Å². The Morgan fingerprint density at radius 2 is 2.30 bits per heavy atom. The van der Waals surface area contributed by atoms with Gasteiger partial charge in [0.15, 0.2) is 0 Å². The Labute approximate surface area is 126 Å². The van der Waals surface area contributed by atoms with Gasteiger partial charge in [-0.2, -0.15) is 0 Å². The second-order valence-corrected chi connectivity index (χ2v) is 7.57. The van der Waals surface area contributed by atoms with Crippen molar-refractivity contribution in [1.82, 2.24) is 10.3 Å². The molecule has 1 aromatic heterocycles. The summed E-state index contributed by atoms with van der Waals surface area (Å²) < 4.78 is 6.19. The van der Waals surface area contributed by atoms with Gasteiger partial charge in [0.1, 0.15) is 0 Å². The van der Waals surface area contributed by atoms with Gasteiger partial charge in [0.2, 0.25) is 0 Å². The van der Waals surface area contributed by atoms with Crippen molar-refractivity contribution in [2.75, 3.05) is 13.2 Å². The number of nitrogens with one attached hydrogen (secondary N) is 1. The van der Waals surface area contributed by atoms with Gasteiger partial charge in [-0.15, -0.1) is 11.3 Å². The highest BCUT2D eigenvalue weighted by molar-refractivity contribution is 7.11. The van der Waals surface area contributed by atoms with Crippen molar-refractivity contribution in [3.8, 4) is 0 Å². The molecule has 20 heavy (non-hydrogen) atoms. The van der Waals surface area contributed by atoms with E-state index in [9.17, 15) is 0 Å². The number of nitrogens with zero attached hydrogens (tertiary/aromatic N) is 1. The van der Waals surface area contributed by atoms with Crippen LogP contribution in [0.2, 0.25) is 0 Å². The molecule has 1 N–H and O–H groups in total. The first-order valence-corrected chi connectivity index (χ1v) is 8.84. The first-order chi connectivity index (χ1) is 9.72. The summed E-state index contributed by atoms with van der Waals surface area (Å²) in [6.45, 7) is 6.25. The van der Waals surface area contributed by atoms with Crippen LogP contribution in [-0.4, -0.2) is 23.7 Å². The maximum Gasteiger partial charge on any atom is 0.0897 e. The quantitative estimate of drug-likeness (QED) is 0.916. The summed E-state index contributed by atoms with van der Waals surface area (Å²) in [6.07, 6.45) is 9.70. The lowest BCUT2D eigenvalue weighted by molar-refractivity contribution is -0.0979. The molecule has 2 aliphatic rings. The average molecular weight is 294 g/mol. The third kappa shape index (κ3) is 2.92. The van der Waals surface area contributed by atoms with Gasteiger partial charge >= 0.3 is 0 Å². The molecule has 1 aromatic rings. The van der Waals surface area contributed by atoms with Crippen LogP contribution in [0.25, 0.3) is 0 Å². The van der Waals surface area contributed by atoms with Gasteiger partial charge in [0.25, 0.3) is 0 Å². The van der Waals surface area contributed by atoms with Crippen LogP contribution >= 0.6 is 11.3 Å². The van der Waals surface area contributed by atoms with E-state index in [1.807, 2.05) is 11.3 Å². The third-order valence-electron chi connectivity index (χ3n) is 4.89. The second kappa shape index (κ2) is 6.12. The molecule has 1 aliphatic carbocycles. The lowest BCUT2D eigenvalue weighted by Crippen LogP contribution is -2.41. The van der Waals surface area contributed by atoms with Crippen molar-refractivity contribution >= 4 is 11.3 Å². The maximum atomic E-state index is 6.19. The highest BCUT2D eigenvalue weighted by Crippen LogP contribution is 2.45. The first kappa shape index (κ1) is 14.5. The predicted molar refractivity (Wildman–Crippen MR) is 83.1 cm³/mol. The van der Waals surface area contributed by atoms with E-state index in [2.05, 4.69) is 30.3 Å². The molecule has 0 radical (unpaired) electrons. The summed E-state index contributed by atoms with van der Waals surface area (Å²) in [5.74, 6) is 0.696. The van der Waals surface area contributed by atoms with Crippen molar-refractivity contribution < 1.29 is 4.74 Å². The lowest BCUT2D eigenvalue weighted by Gasteiger charge is -2.41. The molecule has 1 saturated carbocycles. The Hall–Kier alpha value is -0.450. The molecule has 4 heteroatoms. The highest BCUT2D eigenvalue weighted by atomic mass is 32.1. The first-order valence-electron chi connectivity index (χ1n) is 8.02. The number of ether oxygens (including phenoxy) is 1. The number of aryl methyl sites for hydroxylation is 1. The predicted octanol–water partition coefficient (Wildman–Crippen LogP) is 3.84. The SMILES string of the molecule is CCNC(c1cnc(C)s1)C1CCOC2(CCCC2)C1. The maximum absolute atomic E-state index is 6.19. The standard InChI is InChI=1S/C16H26N2OS/c1-3-17-15(14-11-18-12(2)20-14)13-6-9-19-16(10-13)7-4-5-8-16/h11,13,15,17H,3-10H2,1-2H3. The van der Waals surface area contributed by atoms with Crippen LogP contribution in [-0.2, 0) is 4.74 Å². The largest absolute Gasteiger partial charge is 0.375 e. The molecular weight excluding hydrogens is 268 g/mol. The Balaban J connectivity index is 1.76. The Kier molecular flexibility index (Phi) is 4.43. The minimum atomic E-state index is 0.205. The zero-order valence-corrected chi connectivity index (χ0v) is 13.5. The fourth-order valence-corrected chi connectivity index (χ4v) is 4.91. The lowest BCUT2D eigenvalue weighted by atomic mass is 9.80. The van der Waals surface area contributed by atoms with Crippen molar-refractivity contribution in [2.24, 2.45) is 5.92 Å². The van der Waals surface area contributed by atoms with Gasteiger partial charge in [-0.25, -0.2) is 4.98 Å². The highest BCUT2D eigenvalue weighted by Gasteiger charge is 2.42. The van der Waals surface area contributed by atoms with Crippen LogP contribution in [0.4, 0.5) is 0 Å². The van der Waals surface area contributed by atoms with Gasteiger partial charge in [0.05, 0.1) is 10.6 Å². The van der Waals surface area contributed by atoms with Crippen molar-refractivity contribution in [1.29, 1.82) is 0 Å². The van der Waals surface area contributed by atoms with Gasteiger partial charge in [0, 0.05) is 23.7 Å². The monoisotopic (exact) mass is 294 g/mol. The molecule has 3 nitrogen and oxygen atoms in total. The van der Waals surface area contributed by atoms with Gasteiger partial charge in [-0.3, -0.25) is 0 Å². The smallest absolute Gasteiger partial charge is 0.0897 e. The normalized spacial score (nSPS) is 27.0. The molecule has 1 aliphatic heterocycles. The van der Waals surface area contributed by atoms with E-state index in [4.69, 9.17) is 4.74 Å². The van der Waals surface area contributed by atoms with E-state index in [1.165, 1.54) is 48.4 Å². The fourth-order valence-electron chi connectivity index (χ4n) is 3.96. The Morgan fingerprint density at radius 3 is 2.95 bits per heavy atom. The minimum absolute atomic E-state index is 0.205. The van der Waals surface area contributed by atoms with Crippen molar-refractivity contribution in [3.05, 3.63) is 16.1 Å². The van der Waals surface area contributed by atoms with Crippen LogP contribution in [0.15, 0.2) is 6.20 Å². The van der Waals surface area contributed by atoms with Crippen LogP contribution in [0, 0.1) is 12.8 Å². The average Bonchev–Trinajstić information content (AvgIpc) is 3.06. The summed E-state index contributed by atoms with van der Waals surface area (Å²) in [7, 11) is 0. The second-order valence-electron chi connectivity index (χ2n) is 6.31. The number of hydrogen-bond acceptors (Lipinski definition) is 4. The summed E-state index contributed by atoms with van der Waals surface area (Å²) >= 11 is 1.85. The molecule has 1 saturated heterocycles. The molecule has 1 spiro atoms. The molecule has 3 rings (SSSR count). The van der Waals surface area contributed by atoms with E-state index in [-0.39, 0.29) is 5.60 Å². The van der Waals surface area contributed by atoms with E-state index in [0.717, 1.165) is 13.2 Å². The minimum Gasteiger partial charge on any atom is -0.375 e. The number of rotatable bonds is 4. The third-order valence-corrected chi connectivity index (χ3v) is 5.88. The summed E-state index contributed by atoms with van der Waals surface area (Å²) in [5.41, 5.74) is 0.205. The zero-order valence-electron chi connectivity index (χ0n) is 12.7. The fraction of sp³-hybridized carbons (Fsp3) is 0.812. The van der Waals surface area contributed by atoms with Gasteiger partial charge in [-0.1, -0.05) is 19.8 Å². The molecule has 112 valence electrons. The molecule has 2 fully saturated rings. The van der Waals surface area contributed by atoms with Crippen LogP contribution in [0.1, 0.15) is 61.4 Å². The topological polar surface area (TPSA) is 34.2 Å². The Morgan fingerprint density at radius 1 is 1.50 bits per heavy atom. The van der Waals surface area contributed by atoms with E-state index in [0.29, 0.717) is 12.0 Å². The molecule has 0 aromatic carbocycles. The summed E-state index contributed by atoms with van der Waals surface area (Å²) in [6, 6.07) is 0.465. The molecule has 2 heterocycles. The number of hydrogen-bond donors (Lipinski definition) is 1. The van der Waals surface area contributed by atoms with Gasteiger partial charge in [-0.05, 0) is 45.1 Å². The molecule has 0 bridgehead atoms. The van der Waals surface area contributed by atoms with E-state index in [1.54, 1.807) is 0 Å². The van der Waals surface area contributed by atoms with Crippen LogP contribution in [0.3, 0.4) is 0 Å². The zero-order chi connectivity index (χ0) is 14.0. The number of aromatic nitrogens is 1. The Bertz CT molecular complexity index is 439. The van der Waals surface area contributed by atoms with Crippen molar-refractivity contribution in [3.63, 3.8) is 0 Å². The molecule has 2 unspecified atom stereocenters. The van der Waals surface area contributed by atoms with Crippen LogP contribution in [0.5, 0.6) is 0 Å². The number of thiazole rings is 1. The molecule has 2 atom stereocenters. The van der Waals surface area contributed by atoms with E-state index >= 15 is 0 Å². The molecule has 0 amide bonds. The van der Waals surface area contributed by atoms with Gasteiger partial charge < -0.3 is 10.1 Å². The van der Waals surface area contributed by atoms with Crippen molar-refractivity contribution in [2.45, 2.75) is 64.0 Å². The summed E-state index contributed by atoms with van der Waals surface area (Å²) in [4.78, 5) is 5.86.